The topological polar surface area (TPSA) is 218 Å². The van der Waals surface area contributed by atoms with Crippen molar-refractivity contribution in [1.29, 1.82) is 0 Å². The molecule has 0 aromatic heterocycles. The summed E-state index contributed by atoms with van der Waals surface area (Å²) in [7, 11) is -2.15. The molecule has 300 valence electrons. The molecule has 2 heterocycles. The van der Waals surface area contributed by atoms with Gasteiger partial charge in [0.15, 0.2) is 0 Å². The quantitative estimate of drug-likeness (QED) is 0.213. The Morgan fingerprint density at radius 2 is 1.59 bits per heavy atom. The van der Waals surface area contributed by atoms with Crippen molar-refractivity contribution in [3.8, 4) is 0 Å². The van der Waals surface area contributed by atoms with Crippen molar-refractivity contribution in [2.75, 3.05) is 32.9 Å². The molecule has 0 radical (unpaired) electrons. The Morgan fingerprint density at radius 3 is 2.15 bits per heavy atom. The van der Waals surface area contributed by atoms with Gasteiger partial charge >= 0.3 is 12.1 Å². The lowest BCUT2D eigenvalue weighted by atomic mass is 9.85. The summed E-state index contributed by atoms with van der Waals surface area (Å²) in [6.45, 7) is 11.3. The molecule has 6 amide bonds. The predicted octanol–water partition coefficient (Wildman–Crippen LogP) is 1.51. The standard InChI is InChI=1S/C37H57N7O9S/c1-36(2,3)28(21-42(7)54(8,51)52)40-34(49)41-30(37(4,5)6)33(48)44-20-25(53-35(50)43-16-15-23-11-9-10-12-24(23)19-43)18-27(44)32(47)39-26(17-22-13-14-22)29(45)31(38)46/h9-12,22,25-28,30H,13-21H2,1-8H3,(H2,38,46)(H,39,47)(H2,40,41,49)/t25-,26?,27+,28-,30-/m1/s1. The number of nitrogens with two attached hydrogens (primary N) is 1. The molecule has 4 rings (SSSR count). The lowest BCUT2D eigenvalue weighted by Crippen LogP contribution is -2.61. The Morgan fingerprint density at radius 1 is 0.963 bits per heavy atom. The van der Waals surface area contributed by atoms with Crippen LogP contribution in [0.5, 0.6) is 0 Å². The van der Waals surface area contributed by atoms with Gasteiger partial charge in [-0.25, -0.2) is 22.3 Å². The van der Waals surface area contributed by atoms with Crippen molar-refractivity contribution in [2.24, 2.45) is 22.5 Å². The van der Waals surface area contributed by atoms with E-state index in [1.165, 1.54) is 11.9 Å². The molecular weight excluding hydrogens is 719 g/mol. The third-order valence-corrected chi connectivity index (χ3v) is 11.7. The molecule has 16 nitrogen and oxygen atoms in total. The predicted molar refractivity (Wildman–Crippen MR) is 200 cm³/mol. The summed E-state index contributed by atoms with van der Waals surface area (Å²) in [5, 5.41) is 8.24. The number of nitrogens with zero attached hydrogens (tertiary/aromatic N) is 3. The van der Waals surface area contributed by atoms with Gasteiger partial charge in [-0.1, -0.05) is 78.6 Å². The zero-order valence-electron chi connectivity index (χ0n) is 32.6. The summed E-state index contributed by atoms with van der Waals surface area (Å²) >= 11 is 0. The average Bonchev–Trinajstić information content (AvgIpc) is 3.79. The molecule has 5 atom stereocenters. The maximum Gasteiger partial charge on any atom is 0.410 e. The first-order valence-electron chi connectivity index (χ1n) is 18.4. The molecule has 54 heavy (non-hydrogen) atoms. The molecule has 17 heteroatoms. The van der Waals surface area contributed by atoms with Crippen molar-refractivity contribution < 1.29 is 41.9 Å². The average molecular weight is 776 g/mol. The van der Waals surface area contributed by atoms with Gasteiger partial charge in [0.1, 0.15) is 18.2 Å². The number of urea groups is 1. The molecule has 0 bridgehead atoms. The first kappa shape index (κ1) is 42.5. The van der Waals surface area contributed by atoms with E-state index in [9.17, 15) is 37.2 Å². The number of amides is 6. The summed E-state index contributed by atoms with van der Waals surface area (Å²) in [4.78, 5) is 83.0. The SMILES string of the molecule is CN(C[C@@H](NC(=O)N[C@H](C(=O)N1C[C@H](OC(=O)N2CCc3ccccc3C2)C[C@H]1C(=O)NC(CC1CC1)C(=O)C(N)=O)C(C)(C)C)C(C)(C)C)S(C)(=O)=O. The number of Topliss-reactive ketones (excluding diaryl/α,β-unsaturated/α-hetero) is 1. The van der Waals surface area contributed by atoms with Gasteiger partial charge in [-0.05, 0) is 40.7 Å². The third kappa shape index (κ3) is 11.1. The number of hydrogen-bond acceptors (Lipinski definition) is 9. The van der Waals surface area contributed by atoms with Crippen LogP contribution < -0.4 is 21.7 Å². The Balaban J connectivity index is 1.57. The van der Waals surface area contributed by atoms with E-state index < -0.39 is 86.8 Å². The number of likely N-dealkylation sites (tertiary alicyclic amines) is 1. The molecule has 2 aliphatic heterocycles. The highest BCUT2D eigenvalue weighted by atomic mass is 32.2. The van der Waals surface area contributed by atoms with Crippen LogP contribution >= 0.6 is 0 Å². The van der Waals surface area contributed by atoms with Gasteiger partial charge in [0.05, 0.1) is 18.8 Å². The summed E-state index contributed by atoms with van der Waals surface area (Å²) in [6, 6.07) is 2.80. The van der Waals surface area contributed by atoms with Gasteiger partial charge in [-0.2, -0.15) is 0 Å². The van der Waals surface area contributed by atoms with E-state index in [1.807, 2.05) is 45.0 Å². The number of likely N-dealkylation sites (N-methyl/N-ethyl adjacent to an activating group) is 1. The summed E-state index contributed by atoms with van der Waals surface area (Å²) < 4.78 is 31.4. The largest absolute Gasteiger partial charge is 0.444 e. The molecule has 2 fully saturated rings. The van der Waals surface area contributed by atoms with E-state index in [0.29, 0.717) is 19.5 Å². The number of rotatable bonds is 13. The van der Waals surface area contributed by atoms with Crippen molar-refractivity contribution in [1.82, 2.24) is 30.1 Å². The summed E-state index contributed by atoms with van der Waals surface area (Å²) in [5.41, 5.74) is 5.97. The number of benzene rings is 1. The molecule has 1 aromatic carbocycles. The van der Waals surface area contributed by atoms with Crippen LogP contribution in [0.15, 0.2) is 24.3 Å². The van der Waals surface area contributed by atoms with Gasteiger partial charge < -0.3 is 36.2 Å². The highest BCUT2D eigenvalue weighted by Crippen LogP contribution is 2.34. The Hall–Kier alpha value is -4.25. The number of nitrogens with one attached hydrogen (secondary N) is 3. The van der Waals surface area contributed by atoms with Gasteiger partial charge in [0.2, 0.25) is 27.6 Å². The van der Waals surface area contributed by atoms with Crippen molar-refractivity contribution >= 4 is 45.7 Å². The first-order valence-corrected chi connectivity index (χ1v) is 20.3. The highest BCUT2D eigenvalue weighted by molar-refractivity contribution is 7.88. The number of sulfonamides is 1. The molecule has 3 aliphatic rings. The van der Waals surface area contributed by atoms with Crippen LogP contribution in [0.1, 0.15) is 78.4 Å². The van der Waals surface area contributed by atoms with E-state index in [-0.39, 0.29) is 31.8 Å². The van der Waals surface area contributed by atoms with E-state index in [2.05, 4.69) is 16.0 Å². The van der Waals surface area contributed by atoms with E-state index in [0.717, 1.165) is 34.5 Å². The minimum absolute atomic E-state index is 0.0278. The molecule has 1 aliphatic carbocycles. The minimum atomic E-state index is -3.56. The summed E-state index contributed by atoms with van der Waals surface area (Å²) in [5.74, 6) is -3.34. The lowest BCUT2D eigenvalue weighted by Gasteiger charge is -2.37. The van der Waals surface area contributed by atoms with Gasteiger partial charge in [-0.15, -0.1) is 0 Å². The normalized spacial score (nSPS) is 20.7. The molecule has 5 N–H and O–H groups in total. The van der Waals surface area contributed by atoms with E-state index >= 15 is 0 Å². The number of carbonyl (C=O) groups is 6. The van der Waals surface area contributed by atoms with E-state index in [1.54, 1.807) is 25.7 Å². The zero-order chi connectivity index (χ0) is 40.3. The fourth-order valence-electron chi connectivity index (χ4n) is 6.68. The van der Waals surface area contributed by atoms with Crippen LogP contribution in [0.2, 0.25) is 0 Å². The molecule has 0 spiro atoms. The second-order valence-corrected chi connectivity index (χ2v) is 19.1. The maximum absolute atomic E-state index is 14.5. The van der Waals surface area contributed by atoms with Crippen LogP contribution in [0.3, 0.4) is 0 Å². The maximum atomic E-state index is 14.5. The second kappa shape index (κ2) is 16.6. The Kier molecular flexibility index (Phi) is 13.1. The van der Waals surface area contributed by atoms with Gasteiger partial charge in [-0.3, -0.25) is 19.2 Å². The van der Waals surface area contributed by atoms with Crippen LogP contribution in [0, 0.1) is 16.7 Å². The number of ether oxygens (including phenoxy) is 1. The number of primary amides is 1. The number of hydrogen-bond donors (Lipinski definition) is 4. The molecular formula is C37H57N7O9S. The molecule has 1 unspecified atom stereocenters. The van der Waals surface area contributed by atoms with Crippen LogP contribution in [0.4, 0.5) is 9.59 Å². The first-order chi connectivity index (χ1) is 24.9. The number of carbonyl (C=O) groups excluding carboxylic acids is 6. The molecule has 1 aromatic rings. The van der Waals surface area contributed by atoms with Crippen LogP contribution in [-0.4, -0.2) is 121 Å². The molecule has 1 saturated heterocycles. The Labute approximate surface area is 318 Å². The lowest BCUT2D eigenvalue weighted by molar-refractivity contribution is -0.143. The minimum Gasteiger partial charge on any atom is -0.444 e. The highest BCUT2D eigenvalue weighted by Gasteiger charge is 2.47. The fraction of sp³-hybridized carbons (Fsp3) is 0.676. The van der Waals surface area contributed by atoms with Crippen LogP contribution in [-0.2, 0) is 46.9 Å². The smallest absolute Gasteiger partial charge is 0.410 e. The van der Waals surface area contributed by atoms with Gasteiger partial charge in [0.25, 0.3) is 5.91 Å². The second-order valence-electron chi connectivity index (χ2n) is 17.0. The number of ketones is 1. The number of fused-ring (bicyclic) bond motifs is 1. The summed E-state index contributed by atoms with van der Waals surface area (Å²) in [6.07, 6.45) is 2.01. The van der Waals surface area contributed by atoms with E-state index in [4.69, 9.17) is 10.5 Å². The van der Waals surface area contributed by atoms with Crippen molar-refractivity contribution in [3.05, 3.63) is 35.4 Å². The molecule has 1 saturated carbocycles. The third-order valence-electron chi connectivity index (χ3n) is 10.4. The van der Waals surface area contributed by atoms with Crippen molar-refractivity contribution in [2.45, 2.75) is 110 Å². The fourth-order valence-corrected chi connectivity index (χ4v) is 7.10. The van der Waals surface area contributed by atoms with Crippen LogP contribution in [0.25, 0.3) is 0 Å². The monoisotopic (exact) mass is 775 g/mol. The van der Waals surface area contributed by atoms with Crippen molar-refractivity contribution in [3.63, 3.8) is 0 Å². The zero-order valence-corrected chi connectivity index (χ0v) is 33.5. The van der Waals surface area contributed by atoms with Gasteiger partial charge in [0, 0.05) is 39.1 Å². The Bertz CT molecular complexity index is 1720.